The Balaban J connectivity index is 3.71. The van der Waals surface area contributed by atoms with Crippen LogP contribution in [-0.4, -0.2) is 108 Å². The van der Waals surface area contributed by atoms with Crippen molar-refractivity contribution in [3.8, 4) is 0 Å². The summed E-state index contributed by atoms with van der Waals surface area (Å²) in [6.07, 6.45) is -1.51. The standard InChI is InChI=1S/C31H54F2N6O8/c1-8-10-11-12-13-22-31(32,33)30(46)39(7)21(14-17(3)4)27(43)37-24(18(5)9-2)29(45)36-20(15-34)26(42)38-25(19(6)40)28(44)35-16-23(41)47-22/h17-22,24-25,40H,8-16,34H2,1-7H3,(H,35,44)(H,36,45)(H,37,43)(H,38,42)/t18?,19?,20-,21-,22?,24-,25-/m0/s1. The number of nitrogens with one attached hydrogen (secondary N) is 4. The molecule has 1 saturated heterocycles. The van der Waals surface area contributed by atoms with E-state index in [-0.39, 0.29) is 25.2 Å². The second kappa shape index (κ2) is 19.4. The highest BCUT2D eigenvalue weighted by Crippen LogP contribution is 2.30. The molecule has 7 atom stereocenters. The predicted octanol–water partition coefficient (Wildman–Crippen LogP) is 0.347. The van der Waals surface area contributed by atoms with Crippen LogP contribution in [0.3, 0.4) is 0 Å². The zero-order chi connectivity index (χ0) is 36.1. The van der Waals surface area contributed by atoms with E-state index in [4.69, 9.17) is 10.5 Å². The highest BCUT2D eigenvalue weighted by molar-refractivity contribution is 5.97. The maximum atomic E-state index is 16.0. The zero-order valence-corrected chi connectivity index (χ0v) is 28.6. The molecule has 1 heterocycles. The van der Waals surface area contributed by atoms with Crippen LogP contribution in [0, 0.1) is 11.8 Å². The molecule has 16 heteroatoms. The van der Waals surface area contributed by atoms with Crippen LogP contribution in [-0.2, 0) is 33.5 Å². The van der Waals surface area contributed by atoms with Crippen LogP contribution in [0.25, 0.3) is 0 Å². The third-order valence-electron chi connectivity index (χ3n) is 8.20. The largest absolute Gasteiger partial charge is 0.454 e. The SMILES string of the molecule is CCCCCCC1OC(=O)CNC(=O)[C@H](C(C)O)NC(=O)[C@H](CN)NC(=O)[C@H](C(C)CC)NC(=O)[C@H](CC(C)C)N(C)C(=O)C1(F)F. The molecule has 1 aliphatic rings. The van der Waals surface area contributed by atoms with Gasteiger partial charge in [0.1, 0.15) is 30.7 Å². The fourth-order valence-electron chi connectivity index (χ4n) is 5.05. The molecule has 0 aromatic carbocycles. The van der Waals surface area contributed by atoms with E-state index in [0.717, 1.165) is 19.9 Å². The van der Waals surface area contributed by atoms with E-state index < -0.39 is 96.8 Å². The summed E-state index contributed by atoms with van der Waals surface area (Å²) in [6, 6.07) is -5.74. The number of cyclic esters (lactones) is 1. The lowest BCUT2D eigenvalue weighted by molar-refractivity contribution is -0.190. The van der Waals surface area contributed by atoms with Gasteiger partial charge in [-0.15, -0.1) is 0 Å². The second-order valence-electron chi connectivity index (χ2n) is 12.6. The molecule has 5 amide bonds. The van der Waals surface area contributed by atoms with Gasteiger partial charge in [-0.05, 0) is 38.0 Å². The number of alkyl halides is 2. The van der Waals surface area contributed by atoms with Crippen LogP contribution in [0.2, 0.25) is 0 Å². The van der Waals surface area contributed by atoms with Gasteiger partial charge in [-0.2, -0.15) is 8.78 Å². The van der Waals surface area contributed by atoms with Gasteiger partial charge in [0.15, 0.2) is 6.10 Å². The molecule has 1 fully saturated rings. The Morgan fingerprint density at radius 2 is 1.53 bits per heavy atom. The minimum Gasteiger partial charge on any atom is -0.454 e. The highest BCUT2D eigenvalue weighted by atomic mass is 19.3. The van der Waals surface area contributed by atoms with E-state index >= 15 is 8.78 Å². The number of esters is 1. The molecule has 0 radical (unpaired) electrons. The first-order valence-electron chi connectivity index (χ1n) is 16.3. The van der Waals surface area contributed by atoms with E-state index in [1.165, 1.54) is 6.92 Å². The van der Waals surface area contributed by atoms with E-state index in [9.17, 15) is 33.9 Å². The van der Waals surface area contributed by atoms with Gasteiger partial charge in [-0.1, -0.05) is 60.3 Å². The highest BCUT2D eigenvalue weighted by Gasteiger charge is 2.52. The average molecular weight is 677 g/mol. The number of unbranched alkanes of at least 4 members (excludes halogenated alkanes) is 3. The Morgan fingerprint density at radius 1 is 0.915 bits per heavy atom. The predicted molar refractivity (Wildman–Crippen MR) is 169 cm³/mol. The quantitative estimate of drug-likeness (QED) is 0.132. The molecule has 47 heavy (non-hydrogen) atoms. The Bertz CT molecular complexity index is 1090. The summed E-state index contributed by atoms with van der Waals surface area (Å²) in [5.74, 6) is -11.8. The van der Waals surface area contributed by atoms with Crippen molar-refractivity contribution in [2.45, 2.75) is 129 Å². The number of likely N-dealkylation sites (N-methyl/N-ethyl adjacent to an activating group) is 1. The van der Waals surface area contributed by atoms with Crippen molar-refractivity contribution in [3.63, 3.8) is 0 Å². The number of carbonyl (C=O) groups is 6. The van der Waals surface area contributed by atoms with E-state index in [2.05, 4.69) is 21.3 Å². The van der Waals surface area contributed by atoms with Crippen molar-refractivity contribution in [2.24, 2.45) is 17.6 Å². The number of aliphatic hydroxyl groups is 1. The number of aliphatic hydroxyl groups excluding tert-OH is 1. The summed E-state index contributed by atoms with van der Waals surface area (Å²) in [7, 11) is 1.05. The van der Waals surface area contributed by atoms with Crippen LogP contribution in [0.4, 0.5) is 8.78 Å². The molecule has 0 spiro atoms. The van der Waals surface area contributed by atoms with Gasteiger partial charge in [0.2, 0.25) is 23.6 Å². The third-order valence-corrected chi connectivity index (χ3v) is 8.20. The van der Waals surface area contributed by atoms with E-state index in [0.29, 0.717) is 17.7 Å². The molecule has 0 aromatic rings. The van der Waals surface area contributed by atoms with Crippen molar-refractivity contribution in [3.05, 3.63) is 0 Å². The van der Waals surface area contributed by atoms with E-state index in [1.54, 1.807) is 27.7 Å². The molecule has 0 aromatic heterocycles. The fraction of sp³-hybridized carbons (Fsp3) is 0.806. The Kier molecular flexibility index (Phi) is 17.2. The van der Waals surface area contributed by atoms with Gasteiger partial charge in [-0.3, -0.25) is 28.8 Å². The van der Waals surface area contributed by atoms with Crippen LogP contribution >= 0.6 is 0 Å². The minimum atomic E-state index is -4.27. The number of carbonyl (C=O) groups excluding carboxylic acids is 6. The van der Waals surface area contributed by atoms with Gasteiger partial charge in [0.25, 0.3) is 5.91 Å². The van der Waals surface area contributed by atoms with Gasteiger partial charge in [0, 0.05) is 13.6 Å². The maximum Gasteiger partial charge on any atom is 0.360 e. The lowest BCUT2D eigenvalue weighted by Gasteiger charge is -2.35. The second-order valence-corrected chi connectivity index (χ2v) is 12.6. The van der Waals surface area contributed by atoms with Crippen molar-refractivity contribution >= 4 is 35.5 Å². The molecule has 270 valence electrons. The zero-order valence-electron chi connectivity index (χ0n) is 28.6. The van der Waals surface area contributed by atoms with Gasteiger partial charge in [0.05, 0.1) is 6.10 Å². The van der Waals surface area contributed by atoms with Gasteiger partial charge in [-0.25, -0.2) is 0 Å². The fourth-order valence-corrected chi connectivity index (χ4v) is 5.05. The van der Waals surface area contributed by atoms with Gasteiger partial charge >= 0.3 is 11.9 Å². The van der Waals surface area contributed by atoms with Crippen LogP contribution in [0.5, 0.6) is 0 Å². The molecule has 0 bridgehead atoms. The topological polar surface area (TPSA) is 209 Å². The number of ether oxygens (including phenoxy) is 1. The Labute approximate surface area is 275 Å². The third kappa shape index (κ3) is 12.3. The van der Waals surface area contributed by atoms with Gasteiger partial charge < -0.3 is 41.7 Å². The van der Waals surface area contributed by atoms with Crippen molar-refractivity contribution in [2.75, 3.05) is 20.1 Å². The number of rotatable bonds is 11. The lowest BCUT2D eigenvalue weighted by atomic mass is 9.95. The monoisotopic (exact) mass is 676 g/mol. The smallest absolute Gasteiger partial charge is 0.360 e. The lowest BCUT2D eigenvalue weighted by Crippen LogP contribution is -2.62. The maximum absolute atomic E-state index is 16.0. The first kappa shape index (κ1) is 41.6. The molecular weight excluding hydrogens is 622 g/mol. The number of hydrogen-bond donors (Lipinski definition) is 6. The number of halogens is 2. The molecule has 0 aliphatic carbocycles. The molecule has 3 unspecified atom stereocenters. The normalized spacial score (nSPS) is 27.0. The van der Waals surface area contributed by atoms with Crippen LogP contribution in [0.15, 0.2) is 0 Å². The number of hydrogen-bond acceptors (Lipinski definition) is 9. The van der Waals surface area contributed by atoms with Crippen molar-refractivity contribution in [1.82, 2.24) is 26.2 Å². The summed E-state index contributed by atoms with van der Waals surface area (Å²) in [5.41, 5.74) is 5.75. The number of nitrogens with two attached hydrogens (primary N) is 1. The molecule has 1 rings (SSSR count). The number of amides is 5. The minimum absolute atomic E-state index is 0.0411. The first-order chi connectivity index (χ1) is 21.9. The van der Waals surface area contributed by atoms with Crippen molar-refractivity contribution < 1.29 is 47.4 Å². The average Bonchev–Trinajstić information content (AvgIpc) is 3.01. The van der Waals surface area contributed by atoms with Crippen molar-refractivity contribution in [1.29, 1.82) is 0 Å². The molecule has 1 aliphatic heterocycles. The van der Waals surface area contributed by atoms with E-state index in [1.807, 2.05) is 6.92 Å². The first-order valence-corrected chi connectivity index (χ1v) is 16.3. The van der Waals surface area contributed by atoms with Crippen LogP contribution < -0.4 is 27.0 Å². The summed E-state index contributed by atoms with van der Waals surface area (Å²) in [6.45, 7) is 8.62. The summed E-state index contributed by atoms with van der Waals surface area (Å²) >= 11 is 0. The molecule has 7 N–H and O–H groups in total. The molecule has 14 nitrogen and oxygen atoms in total. The number of nitrogens with zero attached hydrogens (tertiary/aromatic N) is 1. The van der Waals surface area contributed by atoms with Crippen LogP contribution in [0.1, 0.15) is 86.5 Å². The summed E-state index contributed by atoms with van der Waals surface area (Å²) in [5, 5.41) is 19.6. The summed E-state index contributed by atoms with van der Waals surface area (Å²) < 4.78 is 37.0. The Morgan fingerprint density at radius 3 is 2.06 bits per heavy atom. The Hall–Kier alpha value is -3.40. The molecule has 0 saturated carbocycles. The molecular formula is C31H54F2N6O8. The summed E-state index contributed by atoms with van der Waals surface area (Å²) in [4.78, 5) is 79.9.